The van der Waals surface area contributed by atoms with Gasteiger partial charge >= 0.3 is 5.97 Å². The Morgan fingerprint density at radius 1 is 1.21 bits per heavy atom. The lowest BCUT2D eigenvalue weighted by atomic mass is 10.1. The minimum absolute atomic E-state index is 0.357. The van der Waals surface area contributed by atoms with Crippen molar-refractivity contribution in [3.05, 3.63) is 54.3 Å². The molecule has 0 aliphatic rings. The Labute approximate surface area is 115 Å². The third-order valence-electron chi connectivity index (χ3n) is 2.77. The average molecular weight is 258 g/mol. The summed E-state index contributed by atoms with van der Waals surface area (Å²) < 4.78 is 5.13. The topological polar surface area (TPSA) is 26.3 Å². The molecule has 0 radical (unpaired) electrons. The van der Waals surface area contributed by atoms with Gasteiger partial charge in [0.2, 0.25) is 0 Å². The number of hydrogen-bond donors (Lipinski definition) is 0. The van der Waals surface area contributed by atoms with Crippen LogP contribution < -0.4 is 0 Å². The Balaban J connectivity index is 2.27. The van der Waals surface area contributed by atoms with E-state index in [0.29, 0.717) is 5.76 Å². The van der Waals surface area contributed by atoms with Gasteiger partial charge in [0.1, 0.15) is 5.76 Å². The number of unbranched alkanes of at least 4 members (excludes halogenated alkanes) is 3. The maximum Gasteiger partial charge on any atom is 0.335 e. The van der Waals surface area contributed by atoms with Gasteiger partial charge in [-0.15, -0.1) is 0 Å². The number of allylic oxidation sites excluding steroid dienone is 1. The van der Waals surface area contributed by atoms with E-state index in [0.717, 1.165) is 24.8 Å². The van der Waals surface area contributed by atoms with Crippen molar-refractivity contribution >= 4 is 12.0 Å². The molecule has 2 heteroatoms. The first-order valence-corrected chi connectivity index (χ1v) is 6.85. The Kier molecular flexibility index (Phi) is 7.33. The molecule has 0 saturated heterocycles. The average Bonchev–Trinajstić information content (AvgIpc) is 2.42. The summed E-state index contributed by atoms with van der Waals surface area (Å²) in [7, 11) is 0. The monoisotopic (exact) mass is 258 g/mol. The zero-order valence-electron chi connectivity index (χ0n) is 11.6. The smallest absolute Gasteiger partial charge is 0.335 e. The van der Waals surface area contributed by atoms with E-state index >= 15 is 0 Å². The van der Waals surface area contributed by atoms with Crippen LogP contribution >= 0.6 is 0 Å². The second-order valence-electron chi connectivity index (χ2n) is 4.51. The lowest BCUT2D eigenvalue weighted by molar-refractivity contribution is -0.133. The molecule has 0 spiro atoms. The summed E-state index contributed by atoms with van der Waals surface area (Å²) in [6, 6.07) is 9.66. The van der Waals surface area contributed by atoms with Gasteiger partial charge in [0.05, 0.1) is 0 Å². The summed E-state index contributed by atoms with van der Waals surface area (Å²) in [5.41, 5.74) is 0.980. The van der Waals surface area contributed by atoms with Crippen LogP contribution in [-0.4, -0.2) is 5.97 Å². The first kappa shape index (κ1) is 15.2. The van der Waals surface area contributed by atoms with Gasteiger partial charge in [-0.3, -0.25) is 0 Å². The first-order chi connectivity index (χ1) is 9.22. The lowest BCUT2D eigenvalue weighted by Gasteiger charge is -2.04. The van der Waals surface area contributed by atoms with Crippen LogP contribution in [0, 0.1) is 0 Å². The number of rotatable bonds is 8. The molecule has 0 heterocycles. The highest BCUT2D eigenvalue weighted by molar-refractivity contribution is 5.87. The molecule has 0 N–H and O–H groups in total. The Bertz CT molecular complexity index is 418. The molecule has 0 fully saturated rings. The lowest BCUT2D eigenvalue weighted by Crippen LogP contribution is -1.99. The molecular formula is C17H22O2. The van der Waals surface area contributed by atoms with Crippen molar-refractivity contribution in [2.45, 2.75) is 39.0 Å². The largest absolute Gasteiger partial charge is 0.429 e. The number of carbonyl (C=O) groups is 1. The van der Waals surface area contributed by atoms with Gasteiger partial charge in [0, 0.05) is 12.5 Å². The van der Waals surface area contributed by atoms with Crippen molar-refractivity contribution in [1.29, 1.82) is 0 Å². The van der Waals surface area contributed by atoms with Crippen molar-refractivity contribution in [3.63, 3.8) is 0 Å². The summed E-state index contributed by atoms with van der Waals surface area (Å²) in [4.78, 5) is 11.5. The summed E-state index contributed by atoms with van der Waals surface area (Å²) in [5, 5.41) is 0. The molecule has 1 aromatic carbocycles. The normalized spacial score (nSPS) is 10.6. The Morgan fingerprint density at radius 2 is 1.95 bits per heavy atom. The summed E-state index contributed by atoms with van der Waals surface area (Å²) in [6.45, 7) is 5.94. The van der Waals surface area contributed by atoms with Crippen LogP contribution in [0.1, 0.15) is 44.6 Å². The molecule has 19 heavy (non-hydrogen) atoms. The number of ether oxygens (including phenoxy) is 1. The summed E-state index contributed by atoms with van der Waals surface area (Å²) >= 11 is 0. The van der Waals surface area contributed by atoms with Gasteiger partial charge in [0.25, 0.3) is 0 Å². The predicted molar refractivity (Wildman–Crippen MR) is 79.5 cm³/mol. The summed E-state index contributed by atoms with van der Waals surface area (Å²) in [6.07, 6.45) is 8.54. The highest BCUT2D eigenvalue weighted by Crippen LogP contribution is 2.10. The van der Waals surface area contributed by atoms with Crippen molar-refractivity contribution < 1.29 is 9.53 Å². The number of hydrogen-bond acceptors (Lipinski definition) is 2. The van der Waals surface area contributed by atoms with Gasteiger partial charge in [-0.05, 0) is 18.1 Å². The molecule has 1 aromatic rings. The maximum absolute atomic E-state index is 11.5. The molecule has 0 aromatic heterocycles. The molecule has 0 atom stereocenters. The molecule has 2 nitrogen and oxygen atoms in total. The van der Waals surface area contributed by atoms with Gasteiger partial charge in [-0.2, -0.15) is 0 Å². The molecule has 0 unspecified atom stereocenters. The molecule has 102 valence electrons. The molecular weight excluding hydrogens is 236 g/mol. The van der Waals surface area contributed by atoms with Gasteiger partial charge in [-0.25, -0.2) is 4.79 Å². The third kappa shape index (κ3) is 7.24. The van der Waals surface area contributed by atoms with Gasteiger partial charge in [0.15, 0.2) is 0 Å². The molecule has 0 saturated carbocycles. The fourth-order valence-electron chi connectivity index (χ4n) is 1.70. The van der Waals surface area contributed by atoms with Crippen LogP contribution in [-0.2, 0) is 9.53 Å². The van der Waals surface area contributed by atoms with E-state index in [4.69, 9.17) is 4.74 Å². The quantitative estimate of drug-likeness (QED) is 0.292. The standard InChI is InChI=1S/C17H22O2/c1-3-4-5-7-10-15(2)19-17(18)14-13-16-11-8-6-9-12-16/h6,8-9,11-14H,2-5,7,10H2,1H3/b14-13+. The molecule has 0 aliphatic heterocycles. The van der Waals surface area contributed by atoms with E-state index in [2.05, 4.69) is 13.5 Å². The molecule has 1 rings (SSSR count). The summed E-state index contributed by atoms with van der Waals surface area (Å²) in [5.74, 6) is 0.197. The minimum atomic E-state index is -0.357. The van der Waals surface area contributed by atoms with E-state index < -0.39 is 0 Å². The van der Waals surface area contributed by atoms with E-state index in [1.165, 1.54) is 18.9 Å². The van der Waals surface area contributed by atoms with Crippen molar-refractivity contribution in [2.24, 2.45) is 0 Å². The van der Waals surface area contributed by atoms with E-state index in [-0.39, 0.29) is 5.97 Å². The third-order valence-corrected chi connectivity index (χ3v) is 2.77. The van der Waals surface area contributed by atoms with Crippen LogP contribution in [0.4, 0.5) is 0 Å². The van der Waals surface area contributed by atoms with Gasteiger partial charge < -0.3 is 4.74 Å². The minimum Gasteiger partial charge on any atom is -0.429 e. The molecule has 0 aliphatic carbocycles. The number of benzene rings is 1. The first-order valence-electron chi connectivity index (χ1n) is 6.85. The van der Waals surface area contributed by atoms with Crippen LogP contribution in [0.25, 0.3) is 6.08 Å². The number of esters is 1. The Morgan fingerprint density at radius 3 is 2.63 bits per heavy atom. The zero-order chi connectivity index (χ0) is 13.9. The maximum atomic E-state index is 11.5. The number of carbonyl (C=O) groups excluding carboxylic acids is 1. The van der Waals surface area contributed by atoms with Crippen LogP contribution in [0.5, 0.6) is 0 Å². The highest BCUT2D eigenvalue weighted by atomic mass is 16.5. The predicted octanol–water partition coefficient (Wildman–Crippen LogP) is 4.73. The Hall–Kier alpha value is -1.83. The second kappa shape index (κ2) is 9.15. The van der Waals surface area contributed by atoms with Crippen molar-refractivity contribution in [2.75, 3.05) is 0 Å². The molecule has 0 amide bonds. The van der Waals surface area contributed by atoms with Crippen LogP contribution in [0.15, 0.2) is 48.7 Å². The zero-order valence-corrected chi connectivity index (χ0v) is 11.6. The van der Waals surface area contributed by atoms with Crippen molar-refractivity contribution in [1.82, 2.24) is 0 Å². The SMILES string of the molecule is C=C(CCCCCC)OC(=O)/C=C/c1ccccc1. The fourth-order valence-corrected chi connectivity index (χ4v) is 1.70. The second-order valence-corrected chi connectivity index (χ2v) is 4.51. The van der Waals surface area contributed by atoms with Crippen molar-refractivity contribution in [3.8, 4) is 0 Å². The van der Waals surface area contributed by atoms with E-state index in [1.54, 1.807) is 6.08 Å². The molecule has 0 bridgehead atoms. The fraction of sp³-hybridized carbons (Fsp3) is 0.353. The van der Waals surface area contributed by atoms with E-state index in [1.807, 2.05) is 30.3 Å². The van der Waals surface area contributed by atoms with Crippen LogP contribution in [0.2, 0.25) is 0 Å². The van der Waals surface area contributed by atoms with Gasteiger partial charge in [-0.1, -0.05) is 63.1 Å². The van der Waals surface area contributed by atoms with Crippen LogP contribution in [0.3, 0.4) is 0 Å². The van der Waals surface area contributed by atoms with E-state index in [9.17, 15) is 4.79 Å². The highest BCUT2D eigenvalue weighted by Gasteiger charge is 2.01.